The Morgan fingerprint density at radius 3 is 2.72 bits per heavy atom. The maximum atomic E-state index is 12.4. The fraction of sp³-hybridized carbons (Fsp3) is 0.0556. The summed E-state index contributed by atoms with van der Waals surface area (Å²) in [7, 11) is 1.27. The molecule has 0 aliphatic carbocycles. The summed E-state index contributed by atoms with van der Waals surface area (Å²) in [5.74, 6) is -0.662. The van der Waals surface area contributed by atoms with Crippen LogP contribution in [0.1, 0.15) is 5.56 Å². The number of aromatic nitrogens is 2. The number of nitrogens with one attached hydrogen (secondary N) is 1. The topological polar surface area (TPSA) is 132 Å². The van der Waals surface area contributed by atoms with E-state index in [0.717, 1.165) is 10.7 Å². The smallest absolute Gasteiger partial charge is 0.315 e. The van der Waals surface area contributed by atoms with Crippen molar-refractivity contribution in [1.29, 1.82) is 0 Å². The van der Waals surface area contributed by atoms with Gasteiger partial charge in [0.2, 0.25) is 5.75 Å². The molecule has 11 heteroatoms. The van der Waals surface area contributed by atoms with Crippen molar-refractivity contribution >= 4 is 29.2 Å². The maximum absolute atomic E-state index is 12.4. The Bertz CT molecular complexity index is 1150. The van der Waals surface area contributed by atoms with Gasteiger partial charge in [-0.15, -0.1) is 0 Å². The molecule has 0 radical (unpaired) electrons. The molecule has 2 aromatic carbocycles. The Morgan fingerprint density at radius 2 is 2.07 bits per heavy atom. The molecule has 0 aliphatic rings. The molecule has 10 nitrogen and oxygen atoms in total. The van der Waals surface area contributed by atoms with Gasteiger partial charge < -0.3 is 9.84 Å². The lowest BCUT2D eigenvalue weighted by Gasteiger charge is -2.08. The van der Waals surface area contributed by atoms with E-state index in [4.69, 9.17) is 16.3 Å². The number of halogens is 1. The molecule has 3 rings (SSSR count). The predicted molar refractivity (Wildman–Crippen MR) is 107 cm³/mol. The fourth-order valence-corrected chi connectivity index (χ4v) is 2.59. The summed E-state index contributed by atoms with van der Waals surface area (Å²) in [6.07, 6.45) is 2.57. The van der Waals surface area contributed by atoms with Gasteiger partial charge in [-0.25, -0.2) is 0 Å². The summed E-state index contributed by atoms with van der Waals surface area (Å²) < 4.78 is 6.06. The molecule has 3 aromatic rings. The van der Waals surface area contributed by atoms with E-state index in [1.54, 1.807) is 24.3 Å². The molecule has 0 aliphatic heterocycles. The first-order valence-electron chi connectivity index (χ1n) is 8.10. The van der Waals surface area contributed by atoms with Crippen LogP contribution in [0, 0.1) is 10.1 Å². The molecule has 0 bridgehead atoms. The molecule has 2 N–H and O–H groups in total. The van der Waals surface area contributed by atoms with Gasteiger partial charge in [0.15, 0.2) is 5.75 Å². The Labute approximate surface area is 168 Å². The highest BCUT2D eigenvalue weighted by atomic mass is 35.5. The van der Waals surface area contributed by atoms with Gasteiger partial charge in [-0.3, -0.25) is 20.3 Å². The Balaban J connectivity index is 1.86. The zero-order chi connectivity index (χ0) is 21.0. The molecule has 0 amide bonds. The lowest BCUT2D eigenvalue weighted by atomic mass is 10.2. The van der Waals surface area contributed by atoms with Crippen molar-refractivity contribution < 1.29 is 14.8 Å². The summed E-state index contributed by atoms with van der Waals surface area (Å²) in [5, 5.41) is 28.7. The van der Waals surface area contributed by atoms with E-state index in [2.05, 4.69) is 15.6 Å². The van der Waals surface area contributed by atoms with Crippen LogP contribution in [0.2, 0.25) is 5.02 Å². The highest BCUT2D eigenvalue weighted by molar-refractivity contribution is 6.32. The number of anilines is 1. The van der Waals surface area contributed by atoms with Gasteiger partial charge in [0.05, 0.1) is 30.1 Å². The number of phenols is 1. The van der Waals surface area contributed by atoms with Crippen LogP contribution >= 0.6 is 11.6 Å². The van der Waals surface area contributed by atoms with Crippen molar-refractivity contribution in [3.05, 3.63) is 79.7 Å². The molecule has 1 aromatic heterocycles. The van der Waals surface area contributed by atoms with Crippen molar-refractivity contribution in [1.82, 2.24) is 9.78 Å². The third-order valence-electron chi connectivity index (χ3n) is 3.81. The molecule has 0 saturated carbocycles. The highest BCUT2D eigenvalue weighted by Gasteiger charge is 2.19. The second kappa shape index (κ2) is 8.40. The number of hydrogen-bond acceptors (Lipinski definition) is 8. The molecule has 0 spiro atoms. The number of nitro groups is 1. The number of phenolic OH excluding ortho intramolecular Hbond substituents is 1. The van der Waals surface area contributed by atoms with Crippen LogP contribution in [0.3, 0.4) is 0 Å². The van der Waals surface area contributed by atoms with Crippen LogP contribution in [0.5, 0.6) is 11.5 Å². The van der Waals surface area contributed by atoms with Gasteiger partial charge in [-0.05, 0) is 18.2 Å². The van der Waals surface area contributed by atoms with E-state index in [9.17, 15) is 20.0 Å². The van der Waals surface area contributed by atoms with Crippen molar-refractivity contribution in [2.75, 3.05) is 12.5 Å². The first kappa shape index (κ1) is 19.8. The number of ether oxygens (including phenoxy) is 1. The van der Waals surface area contributed by atoms with Gasteiger partial charge in [-0.2, -0.15) is 14.9 Å². The molecular formula is C18H14ClN5O5. The number of nitrogens with zero attached hydrogens (tertiary/aromatic N) is 4. The summed E-state index contributed by atoms with van der Waals surface area (Å²) in [6.45, 7) is 0. The van der Waals surface area contributed by atoms with Crippen molar-refractivity contribution in [3.63, 3.8) is 0 Å². The van der Waals surface area contributed by atoms with Gasteiger partial charge in [0.25, 0.3) is 5.56 Å². The van der Waals surface area contributed by atoms with Crippen LogP contribution in [0.25, 0.3) is 5.69 Å². The highest BCUT2D eigenvalue weighted by Crippen LogP contribution is 2.36. The SMILES string of the molecule is COc1cc(/C=N/Nc2cnn(-c3ccccc3)c(=O)c2Cl)cc([N+](=O)[O-])c1O. The van der Waals surface area contributed by atoms with Crippen LogP contribution in [-0.4, -0.2) is 33.1 Å². The second-order valence-corrected chi connectivity index (χ2v) is 6.02. The van der Waals surface area contributed by atoms with Gasteiger partial charge in [-0.1, -0.05) is 29.8 Å². The summed E-state index contributed by atoms with van der Waals surface area (Å²) >= 11 is 6.11. The monoisotopic (exact) mass is 415 g/mol. The number of nitro benzene ring substituents is 1. The number of aromatic hydroxyl groups is 1. The van der Waals surface area contributed by atoms with Crippen molar-refractivity contribution in [2.45, 2.75) is 0 Å². The standard InChI is InChI=1S/C18H14ClN5O5/c1-29-15-8-11(7-14(17(15)25)24(27)28)9-20-22-13-10-21-23(18(26)16(13)19)12-5-3-2-4-6-12/h2-10,22,25H,1H3/b20-9+. The maximum Gasteiger partial charge on any atom is 0.315 e. The third kappa shape index (κ3) is 4.17. The Morgan fingerprint density at radius 1 is 1.34 bits per heavy atom. The van der Waals surface area contributed by atoms with E-state index < -0.39 is 21.9 Å². The molecule has 0 saturated heterocycles. The lowest BCUT2D eigenvalue weighted by Crippen LogP contribution is -2.22. The third-order valence-corrected chi connectivity index (χ3v) is 4.18. The van der Waals surface area contributed by atoms with Gasteiger partial charge in [0.1, 0.15) is 10.7 Å². The largest absolute Gasteiger partial charge is 0.500 e. The van der Waals surface area contributed by atoms with Crippen LogP contribution in [0.15, 0.2) is 58.6 Å². The molecule has 0 atom stereocenters. The van der Waals surface area contributed by atoms with E-state index >= 15 is 0 Å². The first-order valence-corrected chi connectivity index (χ1v) is 8.48. The number of benzene rings is 2. The zero-order valence-electron chi connectivity index (χ0n) is 14.9. The molecule has 148 valence electrons. The predicted octanol–water partition coefficient (Wildman–Crippen LogP) is 2.95. The Hall–Kier alpha value is -3.92. The van der Waals surface area contributed by atoms with E-state index in [1.165, 1.54) is 25.6 Å². The van der Waals surface area contributed by atoms with E-state index in [0.29, 0.717) is 5.69 Å². The summed E-state index contributed by atoms with van der Waals surface area (Å²) in [4.78, 5) is 22.7. The molecule has 1 heterocycles. The molecule has 0 unspecified atom stereocenters. The first-order chi connectivity index (χ1) is 13.9. The van der Waals surface area contributed by atoms with Gasteiger partial charge in [0, 0.05) is 11.6 Å². The van der Waals surface area contributed by atoms with Crippen LogP contribution in [-0.2, 0) is 0 Å². The van der Waals surface area contributed by atoms with E-state index in [-0.39, 0.29) is 22.0 Å². The number of hydrogen-bond donors (Lipinski definition) is 2. The minimum Gasteiger partial charge on any atom is -0.500 e. The minimum atomic E-state index is -0.743. The summed E-state index contributed by atoms with van der Waals surface area (Å²) in [6, 6.07) is 11.2. The quantitative estimate of drug-likeness (QED) is 0.359. The van der Waals surface area contributed by atoms with Gasteiger partial charge >= 0.3 is 5.69 Å². The molecular weight excluding hydrogens is 402 g/mol. The zero-order valence-corrected chi connectivity index (χ0v) is 15.7. The summed E-state index contributed by atoms with van der Waals surface area (Å²) in [5.41, 5.74) is 2.48. The normalized spacial score (nSPS) is 10.8. The Kier molecular flexibility index (Phi) is 5.74. The van der Waals surface area contributed by atoms with Crippen LogP contribution < -0.4 is 15.7 Å². The average molecular weight is 416 g/mol. The number of rotatable bonds is 6. The molecule has 0 fully saturated rings. The average Bonchev–Trinajstić information content (AvgIpc) is 2.72. The van der Waals surface area contributed by atoms with Crippen molar-refractivity contribution in [2.24, 2.45) is 5.10 Å². The van der Waals surface area contributed by atoms with E-state index in [1.807, 2.05) is 6.07 Å². The lowest BCUT2D eigenvalue weighted by molar-refractivity contribution is -0.386. The van der Waals surface area contributed by atoms with Crippen molar-refractivity contribution in [3.8, 4) is 17.2 Å². The number of hydrazone groups is 1. The second-order valence-electron chi connectivity index (χ2n) is 5.64. The minimum absolute atomic E-state index is 0.0780. The van der Waals surface area contributed by atoms with Crippen LogP contribution in [0.4, 0.5) is 11.4 Å². The number of para-hydroxylation sites is 1. The number of methoxy groups -OCH3 is 1. The fourth-order valence-electron chi connectivity index (χ4n) is 2.42. The molecule has 29 heavy (non-hydrogen) atoms.